The second-order valence-corrected chi connectivity index (χ2v) is 8.12. The number of aryl methyl sites for hydroxylation is 1. The largest absolute Gasteiger partial charge is 0.493 e. The lowest BCUT2D eigenvalue weighted by atomic mass is 10.1. The van der Waals surface area contributed by atoms with E-state index in [4.69, 9.17) is 19.2 Å². The van der Waals surface area contributed by atoms with Crippen molar-refractivity contribution in [3.63, 3.8) is 0 Å². The number of pyridine rings is 2. The summed E-state index contributed by atoms with van der Waals surface area (Å²) >= 11 is 0. The Labute approximate surface area is 196 Å². The van der Waals surface area contributed by atoms with Crippen LogP contribution in [0.5, 0.6) is 17.2 Å². The molecule has 1 saturated carbocycles. The Bertz CT molecular complexity index is 1350. The highest BCUT2D eigenvalue weighted by atomic mass is 16.5. The number of nitrogens with zero attached hydrogens (tertiary/aromatic N) is 4. The minimum atomic E-state index is -0.271. The standard InChI is InChI=1S/C25H25N5O4/c1-14-22-17(25(31)27-16-11-19(32-2)23(34-4)20(12-16)33-3)13-18(15-8-9-15)28-24(22)30(29-14)21-7-5-6-10-26-21/h5-7,10-13,15H,8-9H2,1-4H3,(H,27,31). The van der Waals surface area contributed by atoms with Crippen LogP contribution in [0.1, 0.15) is 40.5 Å². The van der Waals surface area contributed by atoms with Crippen LogP contribution >= 0.6 is 0 Å². The zero-order valence-electron chi connectivity index (χ0n) is 19.5. The van der Waals surface area contributed by atoms with Gasteiger partial charge in [0.25, 0.3) is 5.91 Å². The molecule has 1 aromatic carbocycles. The van der Waals surface area contributed by atoms with Gasteiger partial charge in [-0.2, -0.15) is 9.78 Å². The fraction of sp³-hybridized carbons (Fsp3) is 0.280. The molecular weight excluding hydrogens is 434 g/mol. The number of carbonyl (C=O) groups excluding carboxylic acids is 1. The molecule has 0 unspecified atom stereocenters. The quantitative estimate of drug-likeness (QED) is 0.440. The van der Waals surface area contributed by atoms with Crippen molar-refractivity contribution in [2.45, 2.75) is 25.7 Å². The lowest BCUT2D eigenvalue weighted by Crippen LogP contribution is -2.14. The molecule has 0 bridgehead atoms. The molecule has 1 aliphatic rings. The summed E-state index contributed by atoms with van der Waals surface area (Å²) < 4.78 is 17.9. The van der Waals surface area contributed by atoms with Gasteiger partial charge in [0.15, 0.2) is 23.0 Å². The van der Waals surface area contributed by atoms with Crippen LogP contribution in [0.4, 0.5) is 5.69 Å². The Morgan fingerprint density at radius 1 is 1.06 bits per heavy atom. The molecule has 1 fully saturated rings. The third-order valence-electron chi connectivity index (χ3n) is 5.86. The predicted octanol–water partition coefficient (Wildman–Crippen LogP) is 4.28. The maximum Gasteiger partial charge on any atom is 0.256 e. The van der Waals surface area contributed by atoms with Gasteiger partial charge in [-0.25, -0.2) is 9.97 Å². The molecule has 0 radical (unpaired) electrons. The molecule has 174 valence electrons. The van der Waals surface area contributed by atoms with Gasteiger partial charge in [0.05, 0.1) is 38.0 Å². The van der Waals surface area contributed by atoms with Crippen molar-refractivity contribution in [2.75, 3.05) is 26.6 Å². The number of hydrogen-bond donors (Lipinski definition) is 1. The van der Waals surface area contributed by atoms with E-state index < -0.39 is 0 Å². The molecular formula is C25H25N5O4. The lowest BCUT2D eigenvalue weighted by Gasteiger charge is -2.15. The number of methoxy groups -OCH3 is 3. The molecule has 34 heavy (non-hydrogen) atoms. The molecule has 9 nitrogen and oxygen atoms in total. The Balaban J connectivity index is 1.61. The van der Waals surface area contributed by atoms with E-state index in [0.29, 0.717) is 57.0 Å². The first kappa shape index (κ1) is 21.7. The van der Waals surface area contributed by atoms with E-state index in [1.165, 1.54) is 21.3 Å². The lowest BCUT2D eigenvalue weighted by molar-refractivity contribution is 0.102. The van der Waals surface area contributed by atoms with Crippen LogP contribution in [0.2, 0.25) is 0 Å². The van der Waals surface area contributed by atoms with E-state index in [1.54, 1.807) is 23.0 Å². The number of aromatic nitrogens is 4. The number of carbonyl (C=O) groups is 1. The number of rotatable bonds is 7. The number of fused-ring (bicyclic) bond motifs is 1. The van der Waals surface area contributed by atoms with Crippen molar-refractivity contribution < 1.29 is 19.0 Å². The second kappa shape index (κ2) is 8.66. The molecule has 3 aromatic heterocycles. The van der Waals surface area contributed by atoms with Crippen LogP contribution in [0.3, 0.4) is 0 Å². The summed E-state index contributed by atoms with van der Waals surface area (Å²) in [6, 6.07) is 10.9. The first-order chi connectivity index (χ1) is 16.5. The maximum atomic E-state index is 13.6. The summed E-state index contributed by atoms with van der Waals surface area (Å²) in [4.78, 5) is 22.9. The van der Waals surface area contributed by atoms with Crippen LogP contribution in [0, 0.1) is 6.92 Å². The zero-order chi connectivity index (χ0) is 23.8. The third kappa shape index (κ3) is 3.79. The van der Waals surface area contributed by atoms with E-state index in [0.717, 1.165) is 18.5 Å². The summed E-state index contributed by atoms with van der Waals surface area (Å²) in [7, 11) is 4.60. The van der Waals surface area contributed by atoms with Crippen LogP contribution in [-0.4, -0.2) is 47.0 Å². The first-order valence-electron chi connectivity index (χ1n) is 11.0. The Hall–Kier alpha value is -4.14. The first-order valence-corrected chi connectivity index (χ1v) is 11.0. The molecule has 0 aliphatic heterocycles. The van der Waals surface area contributed by atoms with Gasteiger partial charge in [0.2, 0.25) is 5.75 Å². The van der Waals surface area contributed by atoms with E-state index in [9.17, 15) is 4.79 Å². The van der Waals surface area contributed by atoms with Crippen molar-refractivity contribution in [3.8, 4) is 23.1 Å². The summed E-state index contributed by atoms with van der Waals surface area (Å²) in [5, 5.41) is 8.34. The molecule has 4 aromatic rings. The van der Waals surface area contributed by atoms with E-state index in [-0.39, 0.29) is 5.91 Å². The van der Waals surface area contributed by atoms with Gasteiger partial charge >= 0.3 is 0 Å². The van der Waals surface area contributed by atoms with Crippen LogP contribution in [0.15, 0.2) is 42.6 Å². The fourth-order valence-corrected chi connectivity index (χ4v) is 4.07. The molecule has 1 N–H and O–H groups in total. The fourth-order valence-electron chi connectivity index (χ4n) is 4.07. The molecule has 9 heteroatoms. The van der Waals surface area contributed by atoms with Gasteiger partial charge in [-0.1, -0.05) is 6.07 Å². The van der Waals surface area contributed by atoms with Crippen molar-refractivity contribution in [2.24, 2.45) is 0 Å². The van der Waals surface area contributed by atoms with Crippen molar-refractivity contribution in [1.29, 1.82) is 0 Å². The number of anilines is 1. The number of benzene rings is 1. The third-order valence-corrected chi connectivity index (χ3v) is 5.86. The second-order valence-electron chi connectivity index (χ2n) is 8.12. The Morgan fingerprint density at radius 2 is 1.79 bits per heavy atom. The highest BCUT2D eigenvalue weighted by Crippen LogP contribution is 2.42. The smallest absolute Gasteiger partial charge is 0.256 e. The van der Waals surface area contributed by atoms with Gasteiger partial charge in [0, 0.05) is 35.6 Å². The number of hydrogen-bond acceptors (Lipinski definition) is 7. The van der Waals surface area contributed by atoms with Crippen LogP contribution < -0.4 is 19.5 Å². The molecule has 0 atom stereocenters. The number of ether oxygens (including phenoxy) is 3. The van der Waals surface area contributed by atoms with Crippen molar-refractivity contribution >= 4 is 22.6 Å². The number of nitrogens with one attached hydrogen (secondary N) is 1. The Morgan fingerprint density at radius 3 is 2.38 bits per heavy atom. The van der Waals surface area contributed by atoms with Gasteiger partial charge in [-0.15, -0.1) is 0 Å². The minimum Gasteiger partial charge on any atom is -0.493 e. The summed E-state index contributed by atoms with van der Waals surface area (Å²) in [5.74, 6) is 2.09. The van der Waals surface area contributed by atoms with Crippen LogP contribution in [0.25, 0.3) is 16.9 Å². The monoisotopic (exact) mass is 459 g/mol. The average molecular weight is 460 g/mol. The van der Waals surface area contributed by atoms with E-state index in [2.05, 4.69) is 15.4 Å². The van der Waals surface area contributed by atoms with Gasteiger partial charge < -0.3 is 19.5 Å². The Kier molecular flexibility index (Phi) is 5.53. The number of amides is 1. The van der Waals surface area contributed by atoms with E-state index >= 15 is 0 Å². The van der Waals surface area contributed by atoms with Gasteiger partial charge in [-0.05, 0) is 38.0 Å². The minimum absolute atomic E-state index is 0.271. The molecule has 3 heterocycles. The highest BCUT2D eigenvalue weighted by molar-refractivity contribution is 6.13. The zero-order valence-corrected chi connectivity index (χ0v) is 19.5. The predicted molar refractivity (Wildman–Crippen MR) is 127 cm³/mol. The SMILES string of the molecule is COc1cc(NC(=O)c2cc(C3CC3)nc3c2c(C)nn3-c2ccccn2)cc(OC)c1OC. The topological polar surface area (TPSA) is 100 Å². The molecule has 5 rings (SSSR count). The molecule has 0 spiro atoms. The molecule has 0 saturated heterocycles. The van der Waals surface area contributed by atoms with Gasteiger partial charge in [-0.3, -0.25) is 4.79 Å². The molecule has 1 aliphatic carbocycles. The van der Waals surface area contributed by atoms with Gasteiger partial charge in [0.1, 0.15) is 0 Å². The highest BCUT2D eigenvalue weighted by Gasteiger charge is 2.29. The van der Waals surface area contributed by atoms with Crippen molar-refractivity contribution in [3.05, 3.63) is 59.5 Å². The maximum absolute atomic E-state index is 13.6. The van der Waals surface area contributed by atoms with E-state index in [1.807, 2.05) is 31.2 Å². The summed E-state index contributed by atoms with van der Waals surface area (Å²) in [6.45, 7) is 1.87. The molecule has 1 amide bonds. The summed E-state index contributed by atoms with van der Waals surface area (Å²) in [6.07, 6.45) is 3.83. The summed E-state index contributed by atoms with van der Waals surface area (Å²) in [5.41, 5.74) is 3.24. The average Bonchev–Trinajstić information content (AvgIpc) is 3.66. The van der Waals surface area contributed by atoms with Crippen LogP contribution in [-0.2, 0) is 0 Å². The van der Waals surface area contributed by atoms with Crippen molar-refractivity contribution in [1.82, 2.24) is 19.7 Å². The normalized spacial score (nSPS) is 13.1.